The molecule has 0 aliphatic rings. The average Bonchev–Trinajstić information content (AvgIpc) is 2.15. The van der Waals surface area contributed by atoms with Crippen LogP contribution in [0.1, 0.15) is 23.0 Å². The van der Waals surface area contributed by atoms with Crippen molar-refractivity contribution in [3.8, 4) is 0 Å². The van der Waals surface area contributed by atoms with E-state index in [-0.39, 0.29) is 5.78 Å². The van der Waals surface area contributed by atoms with E-state index in [0.29, 0.717) is 12.1 Å². The maximum absolute atomic E-state index is 10.9. The van der Waals surface area contributed by atoms with Crippen LogP contribution in [-0.4, -0.2) is 17.3 Å². The number of pyridine rings is 1. The Morgan fingerprint density at radius 1 is 1.62 bits per heavy atom. The highest BCUT2D eigenvalue weighted by Crippen LogP contribution is 2.02. The van der Waals surface area contributed by atoms with Crippen LogP contribution in [0.4, 0.5) is 0 Å². The molecule has 3 heteroatoms. The van der Waals surface area contributed by atoms with Gasteiger partial charge in [-0.25, -0.2) is 0 Å². The highest BCUT2D eigenvalue weighted by molar-refractivity contribution is 5.93. The third-order valence-electron chi connectivity index (χ3n) is 1.62. The van der Waals surface area contributed by atoms with Crippen molar-refractivity contribution in [2.75, 3.05) is 6.54 Å². The van der Waals surface area contributed by atoms with E-state index in [1.54, 1.807) is 18.3 Å². The van der Waals surface area contributed by atoms with Crippen molar-refractivity contribution in [2.24, 2.45) is 5.73 Å². The molecule has 0 aliphatic carbocycles. The molecule has 0 aromatic carbocycles. The Morgan fingerprint density at radius 3 is 2.85 bits per heavy atom. The summed E-state index contributed by atoms with van der Waals surface area (Å²) in [6.07, 6.45) is 5.21. The third kappa shape index (κ3) is 2.80. The molecule has 3 nitrogen and oxygen atoms in total. The number of hydrogen-bond donors (Lipinski definition) is 1. The van der Waals surface area contributed by atoms with E-state index in [4.69, 9.17) is 5.73 Å². The third-order valence-corrected chi connectivity index (χ3v) is 1.62. The lowest BCUT2D eigenvalue weighted by Gasteiger charge is -1.95. The Kier molecular flexibility index (Phi) is 3.34. The molecule has 0 fully saturated rings. The zero-order valence-corrected chi connectivity index (χ0v) is 7.53. The SMILES string of the molecule is CC(=O)c1ccc(C=CCN)nc1. The summed E-state index contributed by atoms with van der Waals surface area (Å²) in [6.45, 7) is 2.02. The van der Waals surface area contributed by atoms with Crippen LogP contribution in [0.5, 0.6) is 0 Å². The first kappa shape index (κ1) is 9.61. The van der Waals surface area contributed by atoms with Crippen molar-refractivity contribution in [1.82, 2.24) is 4.98 Å². The van der Waals surface area contributed by atoms with Gasteiger partial charge in [-0.3, -0.25) is 9.78 Å². The van der Waals surface area contributed by atoms with Gasteiger partial charge in [0.05, 0.1) is 5.69 Å². The van der Waals surface area contributed by atoms with E-state index < -0.39 is 0 Å². The van der Waals surface area contributed by atoms with Gasteiger partial charge in [-0.2, -0.15) is 0 Å². The fourth-order valence-corrected chi connectivity index (χ4v) is 0.901. The number of nitrogens with two attached hydrogens (primary N) is 1. The number of hydrogen-bond acceptors (Lipinski definition) is 3. The van der Waals surface area contributed by atoms with Crippen LogP contribution in [-0.2, 0) is 0 Å². The van der Waals surface area contributed by atoms with Crippen LogP contribution in [0.3, 0.4) is 0 Å². The normalized spacial score (nSPS) is 10.6. The number of Topliss-reactive ketones (excluding diaryl/α,β-unsaturated/α-hetero) is 1. The first-order valence-electron chi connectivity index (χ1n) is 4.07. The van der Waals surface area contributed by atoms with Crippen molar-refractivity contribution >= 4 is 11.9 Å². The van der Waals surface area contributed by atoms with Crippen molar-refractivity contribution < 1.29 is 4.79 Å². The van der Waals surface area contributed by atoms with Crippen LogP contribution in [0, 0.1) is 0 Å². The van der Waals surface area contributed by atoms with Gasteiger partial charge < -0.3 is 5.73 Å². The fraction of sp³-hybridized carbons (Fsp3) is 0.200. The van der Waals surface area contributed by atoms with Gasteiger partial charge in [0, 0.05) is 18.3 Å². The number of rotatable bonds is 3. The average molecular weight is 176 g/mol. The summed E-state index contributed by atoms with van der Waals surface area (Å²) in [6, 6.07) is 3.55. The quantitative estimate of drug-likeness (QED) is 0.705. The Balaban J connectivity index is 2.81. The molecule has 0 amide bonds. The molecule has 0 radical (unpaired) electrons. The summed E-state index contributed by atoms with van der Waals surface area (Å²) in [5, 5.41) is 0. The molecule has 0 saturated heterocycles. The molecule has 0 bridgehead atoms. The molecule has 0 atom stereocenters. The number of aromatic nitrogens is 1. The second-order valence-corrected chi connectivity index (χ2v) is 2.67. The Hall–Kier alpha value is -1.48. The first-order chi connectivity index (χ1) is 6.24. The van der Waals surface area contributed by atoms with E-state index in [1.807, 2.05) is 12.2 Å². The highest BCUT2D eigenvalue weighted by atomic mass is 16.1. The zero-order chi connectivity index (χ0) is 9.68. The minimum absolute atomic E-state index is 0.0295. The van der Waals surface area contributed by atoms with Gasteiger partial charge in [0.15, 0.2) is 5.78 Å². The minimum atomic E-state index is 0.0295. The van der Waals surface area contributed by atoms with Gasteiger partial charge in [-0.15, -0.1) is 0 Å². The van der Waals surface area contributed by atoms with Gasteiger partial charge in [0.25, 0.3) is 0 Å². The molecule has 0 saturated carbocycles. The van der Waals surface area contributed by atoms with Crippen LogP contribution < -0.4 is 5.73 Å². The maximum atomic E-state index is 10.9. The number of ketones is 1. The predicted molar refractivity (Wildman–Crippen MR) is 52.3 cm³/mol. The molecule has 2 N–H and O–H groups in total. The van der Waals surface area contributed by atoms with Crippen LogP contribution in [0.25, 0.3) is 6.08 Å². The van der Waals surface area contributed by atoms with Crippen molar-refractivity contribution in [3.05, 3.63) is 35.7 Å². The minimum Gasteiger partial charge on any atom is -0.327 e. The van der Waals surface area contributed by atoms with Gasteiger partial charge in [-0.1, -0.05) is 6.08 Å². The molecule has 1 aromatic heterocycles. The summed E-state index contributed by atoms with van der Waals surface area (Å²) in [5.74, 6) is 0.0295. The molecular weight excluding hydrogens is 164 g/mol. The smallest absolute Gasteiger partial charge is 0.161 e. The number of nitrogens with zero attached hydrogens (tertiary/aromatic N) is 1. The summed E-state index contributed by atoms with van der Waals surface area (Å²) >= 11 is 0. The predicted octanol–water partition coefficient (Wildman–Crippen LogP) is 1.26. The molecule has 0 unspecified atom stereocenters. The molecule has 1 aromatic rings. The lowest BCUT2D eigenvalue weighted by atomic mass is 10.2. The Morgan fingerprint density at radius 2 is 2.38 bits per heavy atom. The maximum Gasteiger partial charge on any atom is 0.161 e. The van der Waals surface area contributed by atoms with Gasteiger partial charge in [0.2, 0.25) is 0 Å². The lowest BCUT2D eigenvalue weighted by Crippen LogP contribution is -1.94. The van der Waals surface area contributed by atoms with E-state index in [2.05, 4.69) is 4.98 Å². The first-order valence-corrected chi connectivity index (χ1v) is 4.07. The van der Waals surface area contributed by atoms with Crippen molar-refractivity contribution in [1.29, 1.82) is 0 Å². The van der Waals surface area contributed by atoms with Crippen molar-refractivity contribution in [3.63, 3.8) is 0 Å². The Labute approximate surface area is 77.3 Å². The molecule has 1 heterocycles. The second-order valence-electron chi connectivity index (χ2n) is 2.67. The number of carbonyl (C=O) groups excluding carboxylic acids is 1. The van der Waals surface area contributed by atoms with Crippen LogP contribution in [0.2, 0.25) is 0 Å². The molecule has 68 valence electrons. The second kappa shape index (κ2) is 4.52. The fourth-order valence-electron chi connectivity index (χ4n) is 0.901. The van der Waals surface area contributed by atoms with E-state index in [1.165, 1.54) is 6.92 Å². The van der Waals surface area contributed by atoms with Crippen LogP contribution >= 0.6 is 0 Å². The van der Waals surface area contributed by atoms with Crippen molar-refractivity contribution in [2.45, 2.75) is 6.92 Å². The number of carbonyl (C=O) groups is 1. The van der Waals surface area contributed by atoms with Gasteiger partial charge in [0.1, 0.15) is 0 Å². The van der Waals surface area contributed by atoms with E-state index >= 15 is 0 Å². The summed E-state index contributed by atoms with van der Waals surface area (Å²) in [4.78, 5) is 15.0. The highest BCUT2D eigenvalue weighted by Gasteiger charge is 1.97. The van der Waals surface area contributed by atoms with Gasteiger partial charge >= 0.3 is 0 Å². The summed E-state index contributed by atoms with van der Waals surface area (Å²) in [7, 11) is 0. The van der Waals surface area contributed by atoms with Gasteiger partial charge in [-0.05, 0) is 25.1 Å². The molecule has 0 spiro atoms. The standard InChI is InChI=1S/C10H12N2O/c1-8(13)9-4-5-10(12-7-9)3-2-6-11/h2-5,7H,6,11H2,1H3. The molecule has 13 heavy (non-hydrogen) atoms. The van der Waals surface area contributed by atoms with E-state index in [0.717, 1.165) is 5.69 Å². The topological polar surface area (TPSA) is 56.0 Å². The summed E-state index contributed by atoms with van der Waals surface area (Å²) in [5.41, 5.74) is 6.73. The molecular formula is C10H12N2O. The molecule has 0 aliphatic heterocycles. The largest absolute Gasteiger partial charge is 0.327 e. The lowest BCUT2D eigenvalue weighted by molar-refractivity contribution is 0.101. The summed E-state index contributed by atoms with van der Waals surface area (Å²) < 4.78 is 0. The zero-order valence-electron chi connectivity index (χ0n) is 7.53. The monoisotopic (exact) mass is 176 g/mol. The van der Waals surface area contributed by atoms with Crippen LogP contribution in [0.15, 0.2) is 24.4 Å². The Bertz CT molecular complexity index is 314. The molecule has 1 rings (SSSR count). The van der Waals surface area contributed by atoms with E-state index in [9.17, 15) is 4.79 Å².